The Hall–Kier alpha value is -2.54. The molecule has 0 saturated heterocycles. The van der Waals surface area contributed by atoms with E-state index in [-0.39, 0.29) is 0 Å². The van der Waals surface area contributed by atoms with Gasteiger partial charge >= 0.3 is 0 Å². The zero-order chi connectivity index (χ0) is 16.5. The van der Waals surface area contributed by atoms with Crippen molar-refractivity contribution in [2.45, 2.75) is 27.4 Å². The molecular formula is C22H24O. The maximum absolute atomic E-state index is 6.02. The van der Waals surface area contributed by atoms with Crippen LogP contribution in [0.2, 0.25) is 0 Å². The summed E-state index contributed by atoms with van der Waals surface area (Å²) < 4.78 is 6.02. The first-order valence-corrected chi connectivity index (χ1v) is 8.16. The number of para-hydroxylation sites is 1. The third kappa shape index (κ3) is 4.72. The van der Waals surface area contributed by atoms with Gasteiger partial charge < -0.3 is 4.74 Å². The molecule has 0 heterocycles. The number of rotatable bonds is 4. The van der Waals surface area contributed by atoms with E-state index >= 15 is 0 Å². The summed E-state index contributed by atoms with van der Waals surface area (Å²) in [6, 6.07) is 26.9. The molecule has 0 unspecified atom stereocenters. The van der Waals surface area contributed by atoms with Crippen LogP contribution in [0.15, 0.2) is 78.9 Å². The van der Waals surface area contributed by atoms with Crippen LogP contribution in [0.25, 0.3) is 11.1 Å². The highest BCUT2D eigenvalue weighted by Crippen LogP contribution is 2.30. The summed E-state index contributed by atoms with van der Waals surface area (Å²) in [6.07, 6.45) is 0. The largest absolute Gasteiger partial charge is 0.488 e. The molecule has 0 aliphatic rings. The molecule has 3 aromatic rings. The molecule has 0 bridgehead atoms. The van der Waals surface area contributed by atoms with E-state index in [9.17, 15) is 0 Å². The van der Waals surface area contributed by atoms with E-state index in [1.165, 1.54) is 16.7 Å². The molecule has 0 aromatic heterocycles. The Morgan fingerprint density at radius 3 is 2.17 bits per heavy atom. The predicted molar refractivity (Wildman–Crippen MR) is 98.7 cm³/mol. The van der Waals surface area contributed by atoms with Crippen molar-refractivity contribution in [1.29, 1.82) is 0 Å². The molecule has 1 heteroatoms. The predicted octanol–water partition coefficient (Wildman–Crippen LogP) is 6.27. The molecule has 0 fully saturated rings. The average molecular weight is 304 g/mol. The lowest BCUT2D eigenvalue weighted by Crippen LogP contribution is -1.96. The van der Waals surface area contributed by atoms with Crippen LogP contribution < -0.4 is 4.74 Å². The SMILES string of the molecule is CC.Cc1cccc(-c2ccccc2OCc2ccccc2)c1. The number of aryl methyl sites for hydroxylation is 1. The van der Waals surface area contributed by atoms with Gasteiger partial charge in [-0.25, -0.2) is 0 Å². The van der Waals surface area contributed by atoms with Crippen molar-refractivity contribution in [2.24, 2.45) is 0 Å². The van der Waals surface area contributed by atoms with Gasteiger partial charge in [-0.05, 0) is 24.1 Å². The fourth-order valence-corrected chi connectivity index (χ4v) is 2.38. The van der Waals surface area contributed by atoms with Crippen molar-refractivity contribution < 1.29 is 4.74 Å². The Bertz CT molecular complexity index is 717. The minimum atomic E-state index is 0.587. The molecule has 1 nitrogen and oxygen atoms in total. The van der Waals surface area contributed by atoms with Crippen LogP contribution in [-0.4, -0.2) is 0 Å². The average Bonchev–Trinajstić information content (AvgIpc) is 2.63. The second-order valence-electron chi connectivity index (χ2n) is 5.14. The van der Waals surface area contributed by atoms with E-state index in [1.807, 2.05) is 50.2 Å². The summed E-state index contributed by atoms with van der Waals surface area (Å²) in [5.41, 5.74) is 4.76. The first-order chi connectivity index (χ1) is 11.3. The van der Waals surface area contributed by atoms with Crippen molar-refractivity contribution in [1.82, 2.24) is 0 Å². The van der Waals surface area contributed by atoms with Crippen LogP contribution in [-0.2, 0) is 6.61 Å². The highest BCUT2D eigenvalue weighted by molar-refractivity contribution is 5.70. The van der Waals surface area contributed by atoms with Gasteiger partial charge in [-0.3, -0.25) is 0 Å². The van der Waals surface area contributed by atoms with E-state index in [0.29, 0.717) is 6.61 Å². The molecule has 0 spiro atoms. The topological polar surface area (TPSA) is 9.23 Å². The molecule has 0 atom stereocenters. The zero-order valence-corrected chi connectivity index (χ0v) is 14.1. The van der Waals surface area contributed by atoms with Gasteiger partial charge in [0.2, 0.25) is 0 Å². The lowest BCUT2D eigenvalue weighted by atomic mass is 10.0. The van der Waals surface area contributed by atoms with Crippen LogP contribution in [0.4, 0.5) is 0 Å². The van der Waals surface area contributed by atoms with Gasteiger partial charge in [0.05, 0.1) is 0 Å². The maximum Gasteiger partial charge on any atom is 0.127 e. The third-order valence-electron chi connectivity index (χ3n) is 3.45. The Kier molecular flexibility index (Phi) is 6.43. The molecule has 0 radical (unpaired) electrons. The first-order valence-electron chi connectivity index (χ1n) is 8.16. The Morgan fingerprint density at radius 1 is 0.739 bits per heavy atom. The molecule has 118 valence electrons. The summed E-state index contributed by atoms with van der Waals surface area (Å²) in [4.78, 5) is 0. The van der Waals surface area contributed by atoms with Gasteiger partial charge in [0, 0.05) is 5.56 Å². The minimum absolute atomic E-state index is 0.587. The standard InChI is InChI=1S/C20H18O.C2H6/c1-16-8-7-11-18(14-16)19-12-5-6-13-20(19)21-15-17-9-3-2-4-10-17;1-2/h2-14H,15H2,1H3;1-2H3. The van der Waals surface area contributed by atoms with Crippen LogP contribution in [0.5, 0.6) is 5.75 Å². The van der Waals surface area contributed by atoms with E-state index in [4.69, 9.17) is 4.74 Å². The molecule has 0 saturated carbocycles. The summed E-state index contributed by atoms with van der Waals surface area (Å²) in [6.45, 7) is 6.70. The van der Waals surface area contributed by atoms with E-state index in [1.54, 1.807) is 0 Å². The summed E-state index contributed by atoms with van der Waals surface area (Å²) >= 11 is 0. The second-order valence-corrected chi connectivity index (χ2v) is 5.14. The minimum Gasteiger partial charge on any atom is -0.488 e. The summed E-state index contributed by atoms with van der Waals surface area (Å²) in [7, 11) is 0. The lowest BCUT2D eigenvalue weighted by Gasteiger charge is -2.12. The molecule has 0 aliphatic carbocycles. The Labute approximate surface area is 139 Å². The third-order valence-corrected chi connectivity index (χ3v) is 3.45. The van der Waals surface area contributed by atoms with Crippen molar-refractivity contribution in [3.05, 3.63) is 90.0 Å². The number of hydrogen-bond donors (Lipinski definition) is 0. The number of benzene rings is 3. The fraction of sp³-hybridized carbons (Fsp3) is 0.182. The van der Waals surface area contributed by atoms with Crippen molar-refractivity contribution in [2.75, 3.05) is 0 Å². The molecule has 3 rings (SSSR count). The van der Waals surface area contributed by atoms with E-state index in [2.05, 4.69) is 49.4 Å². The summed E-state index contributed by atoms with van der Waals surface area (Å²) in [5.74, 6) is 0.923. The van der Waals surface area contributed by atoms with Gasteiger partial charge in [-0.15, -0.1) is 0 Å². The van der Waals surface area contributed by atoms with Gasteiger partial charge in [0.15, 0.2) is 0 Å². The maximum atomic E-state index is 6.02. The number of hydrogen-bond acceptors (Lipinski definition) is 1. The van der Waals surface area contributed by atoms with E-state index < -0.39 is 0 Å². The highest BCUT2D eigenvalue weighted by atomic mass is 16.5. The van der Waals surface area contributed by atoms with Crippen LogP contribution in [0.1, 0.15) is 25.0 Å². The van der Waals surface area contributed by atoms with Crippen molar-refractivity contribution in [3.8, 4) is 16.9 Å². The highest BCUT2D eigenvalue weighted by Gasteiger charge is 2.06. The van der Waals surface area contributed by atoms with Gasteiger partial charge in [-0.2, -0.15) is 0 Å². The molecule has 0 aliphatic heterocycles. The van der Waals surface area contributed by atoms with Crippen LogP contribution in [0, 0.1) is 6.92 Å². The molecular weight excluding hydrogens is 280 g/mol. The molecule has 0 amide bonds. The first kappa shape index (κ1) is 16.8. The molecule has 23 heavy (non-hydrogen) atoms. The van der Waals surface area contributed by atoms with Gasteiger partial charge in [-0.1, -0.05) is 92.2 Å². The molecule has 3 aromatic carbocycles. The van der Waals surface area contributed by atoms with Crippen LogP contribution >= 0.6 is 0 Å². The summed E-state index contributed by atoms with van der Waals surface area (Å²) in [5, 5.41) is 0. The monoisotopic (exact) mass is 304 g/mol. The van der Waals surface area contributed by atoms with Crippen molar-refractivity contribution in [3.63, 3.8) is 0 Å². The zero-order valence-electron chi connectivity index (χ0n) is 14.1. The Morgan fingerprint density at radius 2 is 1.43 bits per heavy atom. The second kappa shape index (κ2) is 8.79. The quantitative estimate of drug-likeness (QED) is 0.552. The normalized spacial score (nSPS) is 9.70. The van der Waals surface area contributed by atoms with Crippen LogP contribution in [0.3, 0.4) is 0 Å². The number of ether oxygens (including phenoxy) is 1. The van der Waals surface area contributed by atoms with Crippen molar-refractivity contribution >= 4 is 0 Å². The lowest BCUT2D eigenvalue weighted by molar-refractivity contribution is 0.307. The molecule has 0 N–H and O–H groups in total. The van der Waals surface area contributed by atoms with E-state index in [0.717, 1.165) is 11.3 Å². The van der Waals surface area contributed by atoms with Gasteiger partial charge in [0.1, 0.15) is 12.4 Å². The fourth-order valence-electron chi connectivity index (χ4n) is 2.38. The Balaban J connectivity index is 0.000000924. The van der Waals surface area contributed by atoms with Gasteiger partial charge in [0.25, 0.3) is 0 Å². The smallest absolute Gasteiger partial charge is 0.127 e.